The molecule has 2 heterocycles. The molecule has 0 bridgehead atoms. The van der Waals surface area contributed by atoms with E-state index in [4.69, 9.17) is 14.2 Å². The summed E-state index contributed by atoms with van der Waals surface area (Å²) in [5.74, 6) is -1.96. The van der Waals surface area contributed by atoms with Crippen LogP contribution in [0.2, 0.25) is 0 Å². The summed E-state index contributed by atoms with van der Waals surface area (Å²) in [5.41, 5.74) is 5.16. The first-order valence-electron chi connectivity index (χ1n) is 14.7. The van der Waals surface area contributed by atoms with Gasteiger partial charge in [0.25, 0.3) is 0 Å². The van der Waals surface area contributed by atoms with Gasteiger partial charge in [0, 0.05) is 52.4 Å². The maximum absolute atomic E-state index is 13.8. The van der Waals surface area contributed by atoms with Gasteiger partial charge in [-0.2, -0.15) is 11.8 Å². The van der Waals surface area contributed by atoms with E-state index >= 15 is 0 Å². The van der Waals surface area contributed by atoms with E-state index in [0.29, 0.717) is 17.1 Å². The van der Waals surface area contributed by atoms with Crippen LogP contribution in [0.25, 0.3) is 22.2 Å². The Hall–Kier alpha value is -3.92. The summed E-state index contributed by atoms with van der Waals surface area (Å²) in [7, 11) is 0. The fraction of sp³-hybridized carbons (Fsp3) is 0.412. The number of esters is 2. The van der Waals surface area contributed by atoms with Gasteiger partial charge in [-0.1, -0.05) is 0 Å². The lowest BCUT2D eigenvalue weighted by molar-refractivity contribution is -0.153. The minimum atomic E-state index is -0.760. The standard InChI is InChI=1S/C34H34FNO7S/c1-17(37)41-14-19-16-44-32-26(31(39)29(32)28(19)33(40)43-34(2,3)4)13-21(38)15-42-22-7-9-23-18(11-22)5-8-24-25-12-20(35)6-10-27(25)36-30(23)24/h6-7,9-12,26,29,32,36H,5,8,13-16H2,1-4H3/t26-,29?,32-/m1/s1. The monoisotopic (exact) mass is 619 g/mol. The lowest BCUT2D eigenvalue weighted by Gasteiger charge is -2.46. The summed E-state index contributed by atoms with van der Waals surface area (Å²) in [6, 6.07) is 10.5. The first-order chi connectivity index (χ1) is 20.9. The molecule has 1 aliphatic heterocycles. The molecule has 3 aromatic rings. The van der Waals surface area contributed by atoms with Gasteiger partial charge in [-0.05, 0) is 86.7 Å². The van der Waals surface area contributed by atoms with Crippen molar-refractivity contribution in [2.75, 3.05) is 19.0 Å². The molecule has 2 aromatic carbocycles. The molecule has 8 nitrogen and oxygen atoms in total. The third-order valence-electron chi connectivity index (χ3n) is 8.31. The first-order valence-corrected chi connectivity index (χ1v) is 15.8. The van der Waals surface area contributed by atoms with Crippen molar-refractivity contribution in [2.24, 2.45) is 11.8 Å². The molecule has 6 rings (SSSR count). The molecule has 10 heteroatoms. The Bertz CT molecular complexity index is 1730. The number of aryl methyl sites for hydroxylation is 2. The highest BCUT2D eigenvalue weighted by Crippen LogP contribution is 2.50. The Kier molecular flexibility index (Phi) is 7.90. The topological polar surface area (TPSA) is 112 Å². The van der Waals surface area contributed by atoms with Gasteiger partial charge in [0.15, 0.2) is 5.78 Å². The van der Waals surface area contributed by atoms with E-state index in [-0.39, 0.29) is 47.8 Å². The molecule has 1 saturated carbocycles. The van der Waals surface area contributed by atoms with Crippen molar-refractivity contribution >= 4 is 46.2 Å². The molecule has 44 heavy (non-hydrogen) atoms. The van der Waals surface area contributed by atoms with Gasteiger partial charge in [-0.3, -0.25) is 14.4 Å². The fourth-order valence-corrected chi connectivity index (χ4v) is 7.92. The molecule has 1 aromatic heterocycles. The lowest BCUT2D eigenvalue weighted by Crippen LogP contribution is -2.55. The van der Waals surface area contributed by atoms with E-state index in [1.54, 1.807) is 32.9 Å². The number of ketones is 2. The molecule has 2 aliphatic carbocycles. The zero-order chi connectivity index (χ0) is 31.3. The Balaban J connectivity index is 1.10. The molecule has 1 fully saturated rings. The number of benzene rings is 2. The number of carbonyl (C=O) groups excluding carboxylic acids is 4. The number of Topliss-reactive ketones (excluding diaryl/α,β-unsaturated/α-hetero) is 2. The number of ether oxygens (including phenoxy) is 3. The molecule has 3 aliphatic rings. The molecule has 1 unspecified atom stereocenters. The maximum atomic E-state index is 13.8. The second-order valence-corrected chi connectivity index (χ2v) is 13.7. The molecule has 3 atom stereocenters. The van der Waals surface area contributed by atoms with E-state index in [1.807, 2.05) is 18.2 Å². The van der Waals surface area contributed by atoms with Crippen molar-refractivity contribution < 1.29 is 37.8 Å². The van der Waals surface area contributed by atoms with Crippen LogP contribution in [-0.4, -0.2) is 58.3 Å². The lowest BCUT2D eigenvalue weighted by atomic mass is 9.66. The fourth-order valence-electron chi connectivity index (χ4n) is 6.36. The van der Waals surface area contributed by atoms with Crippen LogP contribution in [0, 0.1) is 17.7 Å². The van der Waals surface area contributed by atoms with E-state index < -0.39 is 29.4 Å². The normalized spacial score (nSPS) is 20.8. The number of halogens is 1. The van der Waals surface area contributed by atoms with Crippen LogP contribution in [0.3, 0.4) is 0 Å². The highest BCUT2D eigenvalue weighted by Gasteiger charge is 2.56. The van der Waals surface area contributed by atoms with Crippen molar-refractivity contribution in [3.8, 4) is 17.0 Å². The molecular weight excluding hydrogens is 585 g/mol. The average molecular weight is 620 g/mol. The molecule has 1 N–H and O–H groups in total. The minimum Gasteiger partial charge on any atom is -0.486 e. The second-order valence-electron chi connectivity index (χ2n) is 12.6. The van der Waals surface area contributed by atoms with E-state index in [2.05, 4.69) is 4.98 Å². The van der Waals surface area contributed by atoms with Crippen LogP contribution >= 0.6 is 11.8 Å². The molecule has 0 amide bonds. The number of aromatic amines is 1. The second kappa shape index (κ2) is 11.5. The van der Waals surface area contributed by atoms with Gasteiger partial charge < -0.3 is 19.2 Å². The van der Waals surface area contributed by atoms with Gasteiger partial charge in [-0.15, -0.1) is 0 Å². The molecule has 230 valence electrons. The van der Waals surface area contributed by atoms with Crippen LogP contribution in [0.4, 0.5) is 4.39 Å². The Morgan fingerprint density at radius 2 is 1.89 bits per heavy atom. The number of aromatic nitrogens is 1. The SMILES string of the molecule is CC(=O)OCC1=C(C(=O)OC(C)(C)C)C2C(=O)[C@@H](CC(=O)COc3ccc4c(c3)CCc3c-4[nH]c4ccc(F)cc34)[C@H]2SC1. The Morgan fingerprint density at radius 1 is 1.09 bits per heavy atom. The highest BCUT2D eigenvalue weighted by atomic mass is 32.2. The third-order valence-corrected chi connectivity index (χ3v) is 9.81. The zero-order valence-corrected chi connectivity index (χ0v) is 25.9. The summed E-state index contributed by atoms with van der Waals surface area (Å²) < 4.78 is 30.5. The Morgan fingerprint density at radius 3 is 2.64 bits per heavy atom. The summed E-state index contributed by atoms with van der Waals surface area (Å²) >= 11 is 1.50. The highest BCUT2D eigenvalue weighted by molar-refractivity contribution is 8.00. The van der Waals surface area contributed by atoms with Crippen LogP contribution in [0.1, 0.15) is 45.2 Å². The van der Waals surface area contributed by atoms with Crippen molar-refractivity contribution in [1.29, 1.82) is 0 Å². The maximum Gasteiger partial charge on any atom is 0.335 e. The van der Waals surface area contributed by atoms with Crippen molar-refractivity contribution in [1.82, 2.24) is 4.98 Å². The van der Waals surface area contributed by atoms with Gasteiger partial charge in [0.2, 0.25) is 0 Å². The van der Waals surface area contributed by atoms with Gasteiger partial charge in [-0.25, -0.2) is 9.18 Å². The largest absolute Gasteiger partial charge is 0.486 e. The van der Waals surface area contributed by atoms with E-state index in [0.717, 1.165) is 46.1 Å². The zero-order valence-electron chi connectivity index (χ0n) is 25.1. The summed E-state index contributed by atoms with van der Waals surface area (Å²) in [6.45, 7) is 6.29. The van der Waals surface area contributed by atoms with Crippen LogP contribution in [0.5, 0.6) is 5.75 Å². The molecule has 0 spiro atoms. The third kappa shape index (κ3) is 5.79. The Labute approximate surface area is 258 Å². The molecular formula is C34H34FNO7S. The van der Waals surface area contributed by atoms with Crippen molar-refractivity contribution in [3.63, 3.8) is 0 Å². The van der Waals surface area contributed by atoms with Gasteiger partial charge in [0.05, 0.1) is 11.5 Å². The van der Waals surface area contributed by atoms with Crippen LogP contribution < -0.4 is 4.74 Å². The number of hydrogen-bond donors (Lipinski definition) is 1. The van der Waals surface area contributed by atoms with Crippen molar-refractivity contribution in [2.45, 2.75) is 57.8 Å². The number of H-pyrrole nitrogens is 1. The number of nitrogens with one attached hydrogen (secondary N) is 1. The first kappa shape index (κ1) is 30.1. The summed E-state index contributed by atoms with van der Waals surface area (Å²) in [4.78, 5) is 54.3. The number of thioether (sulfide) groups is 1. The average Bonchev–Trinajstić information content (AvgIpc) is 3.34. The van der Waals surface area contributed by atoms with Crippen LogP contribution in [0.15, 0.2) is 47.5 Å². The number of fused-ring (bicyclic) bond motifs is 6. The quantitative estimate of drug-likeness (QED) is 0.327. The molecule has 0 saturated heterocycles. The van der Waals surface area contributed by atoms with E-state index in [1.165, 1.54) is 24.8 Å². The van der Waals surface area contributed by atoms with E-state index in [9.17, 15) is 23.6 Å². The van der Waals surface area contributed by atoms with Gasteiger partial charge >= 0.3 is 11.9 Å². The number of rotatable bonds is 8. The number of carbonyl (C=O) groups is 4. The van der Waals surface area contributed by atoms with Crippen LogP contribution in [-0.2, 0) is 41.5 Å². The predicted molar refractivity (Wildman–Crippen MR) is 164 cm³/mol. The summed E-state index contributed by atoms with van der Waals surface area (Å²) in [5, 5.41) is 0.660. The summed E-state index contributed by atoms with van der Waals surface area (Å²) in [6.07, 6.45) is 1.55. The van der Waals surface area contributed by atoms with Gasteiger partial charge in [0.1, 0.15) is 36.2 Å². The number of hydrogen-bond acceptors (Lipinski definition) is 8. The predicted octanol–water partition coefficient (Wildman–Crippen LogP) is 5.54. The minimum absolute atomic E-state index is 0.0216. The molecule has 0 radical (unpaired) electrons. The smallest absolute Gasteiger partial charge is 0.335 e. The van der Waals surface area contributed by atoms with Crippen molar-refractivity contribution in [3.05, 3.63) is 64.5 Å².